The molecule has 1 aliphatic carbocycles. The van der Waals surface area contributed by atoms with Gasteiger partial charge in [0, 0.05) is 18.2 Å². The van der Waals surface area contributed by atoms with Crippen molar-refractivity contribution in [1.29, 1.82) is 0 Å². The molecule has 5 N–H and O–H groups in total. The molecule has 0 spiro atoms. The highest BCUT2D eigenvalue weighted by atomic mass is 16.5. The molecule has 0 aromatic heterocycles. The Labute approximate surface area is 201 Å². The number of nitrogens with one attached hydrogen (secondary N) is 3. The van der Waals surface area contributed by atoms with Crippen molar-refractivity contribution >= 4 is 29.3 Å². The summed E-state index contributed by atoms with van der Waals surface area (Å²) in [6.45, 7) is 8.24. The third-order valence-corrected chi connectivity index (χ3v) is 6.03. The number of urea groups is 1. The Balaban J connectivity index is 2.08. The summed E-state index contributed by atoms with van der Waals surface area (Å²) in [5, 5.41) is 8.13. The summed E-state index contributed by atoms with van der Waals surface area (Å²) in [7, 11) is 0. The first-order valence-electron chi connectivity index (χ1n) is 11.9. The number of rotatable bonds is 13. The molecule has 1 atom stereocenters. The van der Waals surface area contributed by atoms with Crippen LogP contribution in [-0.4, -0.2) is 42.3 Å². The number of ether oxygens (including phenoxy) is 1. The number of ketones is 1. The average molecular weight is 475 g/mol. The van der Waals surface area contributed by atoms with Crippen molar-refractivity contribution in [1.82, 2.24) is 10.6 Å². The minimum Gasteiger partial charge on any atom is -0.374 e. The van der Waals surface area contributed by atoms with E-state index >= 15 is 0 Å². The minimum atomic E-state index is -1.06. The molecule has 34 heavy (non-hydrogen) atoms. The van der Waals surface area contributed by atoms with E-state index in [9.17, 15) is 19.2 Å². The molecule has 0 heterocycles. The number of hydrogen-bond donors (Lipinski definition) is 4. The first kappa shape index (κ1) is 27.3. The largest absolute Gasteiger partial charge is 0.374 e. The van der Waals surface area contributed by atoms with E-state index in [2.05, 4.69) is 16.0 Å². The summed E-state index contributed by atoms with van der Waals surface area (Å²) >= 11 is 0. The highest BCUT2D eigenvalue weighted by Crippen LogP contribution is 2.44. The Morgan fingerprint density at radius 1 is 1.06 bits per heavy atom. The van der Waals surface area contributed by atoms with Crippen LogP contribution in [0.5, 0.6) is 0 Å². The van der Waals surface area contributed by atoms with E-state index < -0.39 is 23.4 Å². The molecule has 188 valence electrons. The maximum atomic E-state index is 13.2. The van der Waals surface area contributed by atoms with Gasteiger partial charge in [0.2, 0.25) is 11.8 Å². The second-order valence-electron chi connectivity index (χ2n) is 9.46. The van der Waals surface area contributed by atoms with Gasteiger partial charge in [-0.25, -0.2) is 4.79 Å². The summed E-state index contributed by atoms with van der Waals surface area (Å²) in [6, 6.07) is 5.78. The summed E-state index contributed by atoms with van der Waals surface area (Å²) < 4.78 is 5.59. The van der Waals surface area contributed by atoms with Gasteiger partial charge in [-0.3, -0.25) is 14.4 Å². The number of Topliss-reactive ketones (excluding diaryl/α,β-unsaturated/α-hetero) is 1. The lowest BCUT2D eigenvalue weighted by Gasteiger charge is -2.40. The standard InChI is InChI=1S/C25H38N4O5/c1-16(2)21(30)25(12-6-13-25)23(32)29-20(7-5-14-27-24(26)33)22(31)28-19-10-8-18(9-11-19)15-34-17(3)4/h8-11,16-17,20H,5-7,12-15H2,1-4H3,(H,28,31)(H,29,32)(H3,26,27,33)/t20-/m0/s1. The maximum absolute atomic E-state index is 13.2. The third kappa shape index (κ3) is 7.55. The third-order valence-electron chi connectivity index (χ3n) is 6.03. The van der Waals surface area contributed by atoms with E-state index in [-0.39, 0.29) is 36.7 Å². The SMILES string of the molecule is CC(C)OCc1ccc(NC(=O)[C@H](CCCNC(N)=O)NC(=O)C2(C(=O)C(C)C)CCC2)cc1. The quantitative estimate of drug-likeness (QED) is 0.257. The molecule has 9 heteroatoms. The van der Waals surface area contributed by atoms with E-state index in [4.69, 9.17) is 10.5 Å². The molecular formula is C25H38N4O5. The van der Waals surface area contributed by atoms with Crippen LogP contribution in [0, 0.1) is 11.3 Å². The predicted octanol–water partition coefficient (Wildman–Crippen LogP) is 2.88. The van der Waals surface area contributed by atoms with Gasteiger partial charge < -0.3 is 26.4 Å². The molecule has 0 unspecified atom stereocenters. The summed E-state index contributed by atoms with van der Waals surface area (Å²) in [5.41, 5.74) is 5.61. The highest BCUT2D eigenvalue weighted by molar-refractivity contribution is 6.09. The van der Waals surface area contributed by atoms with Crippen molar-refractivity contribution in [2.75, 3.05) is 11.9 Å². The first-order chi connectivity index (χ1) is 16.0. The van der Waals surface area contributed by atoms with Crippen LogP contribution in [0.3, 0.4) is 0 Å². The molecule has 9 nitrogen and oxygen atoms in total. The molecule has 0 radical (unpaired) electrons. The molecule has 2 rings (SSSR count). The van der Waals surface area contributed by atoms with E-state index in [1.54, 1.807) is 26.0 Å². The van der Waals surface area contributed by atoms with Crippen molar-refractivity contribution in [3.63, 3.8) is 0 Å². The second-order valence-corrected chi connectivity index (χ2v) is 9.46. The number of anilines is 1. The Morgan fingerprint density at radius 2 is 1.71 bits per heavy atom. The fourth-order valence-corrected chi connectivity index (χ4v) is 3.93. The number of carbonyl (C=O) groups is 4. The van der Waals surface area contributed by atoms with Crippen molar-refractivity contribution in [3.05, 3.63) is 29.8 Å². The zero-order valence-electron chi connectivity index (χ0n) is 20.6. The van der Waals surface area contributed by atoms with E-state index in [1.807, 2.05) is 26.0 Å². The second kappa shape index (κ2) is 12.5. The van der Waals surface area contributed by atoms with E-state index in [0.29, 0.717) is 31.6 Å². The van der Waals surface area contributed by atoms with Crippen LogP contribution in [0.25, 0.3) is 0 Å². The van der Waals surface area contributed by atoms with E-state index in [0.717, 1.165) is 12.0 Å². The molecule has 0 aliphatic heterocycles. The Kier molecular flexibility index (Phi) is 10.0. The average Bonchev–Trinajstić information content (AvgIpc) is 2.74. The van der Waals surface area contributed by atoms with Gasteiger partial charge in [-0.1, -0.05) is 32.4 Å². The zero-order valence-corrected chi connectivity index (χ0v) is 20.6. The molecular weight excluding hydrogens is 436 g/mol. The van der Waals surface area contributed by atoms with Gasteiger partial charge in [-0.15, -0.1) is 0 Å². The van der Waals surface area contributed by atoms with Crippen molar-refractivity contribution < 1.29 is 23.9 Å². The predicted molar refractivity (Wildman–Crippen MR) is 130 cm³/mol. The maximum Gasteiger partial charge on any atom is 0.312 e. The van der Waals surface area contributed by atoms with Crippen LogP contribution in [0.2, 0.25) is 0 Å². The van der Waals surface area contributed by atoms with Gasteiger partial charge in [0.15, 0.2) is 5.78 Å². The molecule has 0 bridgehead atoms. The molecule has 1 aliphatic rings. The Bertz CT molecular complexity index is 863. The minimum absolute atomic E-state index is 0.0926. The Morgan fingerprint density at radius 3 is 2.21 bits per heavy atom. The molecule has 1 saturated carbocycles. The number of benzene rings is 1. The number of primary amides is 1. The van der Waals surface area contributed by atoms with Crippen molar-refractivity contribution in [3.8, 4) is 0 Å². The van der Waals surface area contributed by atoms with Crippen molar-refractivity contribution in [2.24, 2.45) is 17.1 Å². The molecule has 1 aromatic rings. The van der Waals surface area contributed by atoms with Gasteiger partial charge in [-0.2, -0.15) is 0 Å². The molecule has 0 saturated heterocycles. The van der Waals surface area contributed by atoms with Crippen molar-refractivity contribution in [2.45, 2.75) is 78.6 Å². The number of carbonyl (C=O) groups excluding carboxylic acids is 4. The van der Waals surface area contributed by atoms with E-state index in [1.165, 1.54) is 0 Å². The summed E-state index contributed by atoms with van der Waals surface area (Å²) in [5.74, 6) is -1.15. The van der Waals surface area contributed by atoms with Crippen LogP contribution in [0.15, 0.2) is 24.3 Å². The van der Waals surface area contributed by atoms with Crippen LogP contribution < -0.4 is 21.7 Å². The topological polar surface area (TPSA) is 140 Å². The fraction of sp³-hybridized carbons (Fsp3) is 0.600. The smallest absolute Gasteiger partial charge is 0.312 e. The summed E-state index contributed by atoms with van der Waals surface area (Å²) in [6.07, 6.45) is 2.62. The van der Waals surface area contributed by atoms with Gasteiger partial charge in [0.1, 0.15) is 11.5 Å². The normalized spacial score (nSPS) is 15.4. The summed E-state index contributed by atoms with van der Waals surface area (Å²) in [4.78, 5) is 49.9. The zero-order chi connectivity index (χ0) is 25.3. The molecule has 4 amide bonds. The van der Waals surface area contributed by atoms with Gasteiger partial charge in [0.05, 0.1) is 12.7 Å². The van der Waals surface area contributed by atoms with Gasteiger partial charge in [0.25, 0.3) is 0 Å². The van der Waals surface area contributed by atoms with Crippen LogP contribution in [0.1, 0.15) is 65.4 Å². The Hall–Kier alpha value is -2.94. The van der Waals surface area contributed by atoms with Crippen LogP contribution >= 0.6 is 0 Å². The van der Waals surface area contributed by atoms with Gasteiger partial charge >= 0.3 is 6.03 Å². The molecule has 1 aromatic carbocycles. The highest BCUT2D eigenvalue weighted by Gasteiger charge is 2.51. The lowest BCUT2D eigenvalue weighted by Crippen LogP contribution is -2.56. The van der Waals surface area contributed by atoms with Gasteiger partial charge in [-0.05, 0) is 57.2 Å². The lowest BCUT2D eigenvalue weighted by atomic mass is 9.63. The molecule has 1 fully saturated rings. The lowest BCUT2D eigenvalue weighted by molar-refractivity contribution is -0.151. The number of amides is 4. The number of hydrogen-bond acceptors (Lipinski definition) is 5. The monoisotopic (exact) mass is 474 g/mol. The first-order valence-corrected chi connectivity index (χ1v) is 11.9. The number of nitrogens with two attached hydrogens (primary N) is 1. The van der Waals surface area contributed by atoms with Crippen LogP contribution in [0.4, 0.5) is 10.5 Å². The van der Waals surface area contributed by atoms with Crippen LogP contribution in [-0.2, 0) is 25.7 Å². The fourth-order valence-electron chi connectivity index (χ4n) is 3.93.